The van der Waals surface area contributed by atoms with E-state index in [0.717, 1.165) is 55.2 Å². The van der Waals surface area contributed by atoms with Gasteiger partial charge in [0.05, 0.1) is 6.42 Å². The molecule has 9 heteroatoms. The monoisotopic (exact) mass is 450 g/mol. The van der Waals surface area contributed by atoms with Gasteiger partial charge in [-0.15, -0.1) is 0 Å². The van der Waals surface area contributed by atoms with E-state index >= 15 is 0 Å². The molecule has 2 aliphatic heterocycles. The smallest absolute Gasteiger partial charge is 0.251 e. The number of aromatic nitrogens is 1. The second-order valence-corrected chi connectivity index (χ2v) is 8.54. The molecule has 1 aromatic carbocycles. The lowest BCUT2D eigenvalue weighted by atomic mass is 9.97. The minimum absolute atomic E-state index is 0.0451. The van der Waals surface area contributed by atoms with Crippen LogP contribution in [0, 0.1) is 5.92 Å². The molecule has 1 saturated heterocycles. The summed E-state index contributed by atoms with van der Waals surface area (Å²) >= 11 is 0. The summed E-state index contributed by atoms with van der Waals surface area (Å²) in [6.07, 6.45) is 4.07. The Morgan fingerprint density at radius 3 is 2.73 bits per heavy atom. The Morgan fingerprint density at radius 2 is 1.94 bits per heavy atom. The lowest BCUT2D eigenvalue weighted by molar-refractivity contribution is -0.130. The van der Waals surface area contributed by atoms with Gasteiger partial charge in [-0.1, -0.05) is 0 Å². The maximum absolute atomic E-state index is 12.4. The summed E-state index contributed by atoms with van der Waals surface area (Å²) in [5, 5.41) is 12.4. The number of nitrogens with one attached hydrogen (secondary N) is 4. The van der Waals surface area contributed by atoms with E-state index in [9.17, 15) is 14.4 Å². The predicted molar refractivity (Wildman–Crippen MR) is 127 cm³/mol. The van der Waals surface area contributed by atoms with Gasteiger partial charge in [0.1, 0.15) is 5.82 Å². The van der Waals surface area contributed by atoms with Crippen molar-refractivity contribution < 1.29 is 14.4 Å². The molecule has 1 aromatic heterocycles. The number of anilines is 3. The number of nitrogens with zero attached hydrogens (tertiary/aromatic N) is 2. The van der Waals surface area contributed by atoms with Crippen LogP contribution in [0.5, 0.6) is 0 Å². The van der Waals surface area contributed by atoms with Crippen molar-refractivity contribution in [2.75, 3.05) is 48.7 Å². The first kappa shape index (κ1) is 22.6. The van der Waals surface area contributed by atoms with Crippen LogP contribution in [-0.2, 0) is 16.0 Å². The first-order valence-corrected chi connectivity index (χ1v) is 11.4. The number of pyridine rings is 1. The summed E-state index contributed by atoms with van der Waals surface area (Å²) in [5.74, 6) is 1.28. The number of amides is 3. The van der Waals surface area contributed by atoms with Crippen molar-refractivity contribution in [3.05, 3.63) is 47.7 Å². The molecular formula is C24H30N6O3. The highest BCUT2D eigenvalue weighted by Crippen LogP contribution is 2.24. The SMILES string of the molecule is CC(=O)N1CCC(CNc2cc(NCCNC(=O)c3ccc4c(c3)CC(=O)N4)ccn2)CC1. The van der Waals surface area contributed by atoms with E-state index in [2.05, 4.69) is 26.3 Å². The maximum atomic E-state index is 12.4. The van der Waals surface area contributed by atoms with Gasteiger partial charge < -0.3 is 26.2 Å². The van der Waals surface area contributed by atoms with Crippen molar-refractivity contribution in [3.63, 3.8) is 0 Å². The Bertz CT molecular complexity index is 1030. The number of hydrogen-bond donors (Lipinski definition) is 4. The number of fused-ring (bicyclic) bond motifs is 1. The van der Waals surface area contributed by atoms with E-state index in [4.69, 9.17) is 0 Å². The molecule has 9 nitrogen and oxygen atoms in total. The van der Waals surface area contributed by atoms with Crippen molar-refractivity contribution in [3.8, 4) is 0 Å². The molecule has 1 fully saturated rings. The van der Waals surface area contributed by atoms with Crippen molar-refractivity contribution in [1.29, 1.82) is 0 Å². The third-order valence-electron chi connectivity index (χ3n) is 6.12. The van der Waals surface area contributed by atoms with Gasteiger partial charge in [0.15, 0.2) is 0 Å². The molecule has 4 rings (SSSR count). The second-order valence-electron chi connectivity index (χ2n) is 8.54. The molecule has 3 amide bonds. The molecule has 33 heavy (non-hydrogen) atoms. The third kappa shape index (κ3) is 6.00. The van der Waals surface area contributed by atoms with Crippen LogP contribution in [0.1, 0.15) is 35.7 Å². The van der Waals surface area contributed by atoms with Crippen LogP contribution in [0.2, 0.25) is 0 Å². The normalized spacial score (nSPS) is 15.5. The van der Waals surface area contributed by atoms with Gasteiger partial charge in [-0.3, -0.25) is 14.4 Å². The van der Waals surface area contributed by atoms with E-state index < -0.39 is 0 Å². The van der Waals surface area contributed by atoms with Crippen LogP contribution in [-0.4, -0.2) is 60.3 Å². The molecule has 3 heterocycles. The molecule has 0 saturated carbocycles. The summed E-state index contributed by atoms with van der Waals surface area (Å²) in [4.78, 5) is 41.6. The summed E-state index contributed by atoms with van der Waals surface area (Å²) in [5.41, 5.74) is 3.11. The first-order valence-electron chi connectivity index (χ1n) is 11.4. The lowest BCUT2D eigenvalue weighted by Crippen LogP contribution is -2.38. The highest BCUT2D eigenvalue weighted by molar-refractivity contribution is 6.01. The van der Waals surface area contributed by atoms with Gasteiger partial charge in [0.25, 0.3) is 5.91 Å². The zero-order chi connectivity index (χ0) is 23.2. The number of rotatable bonds is 8. The van der Waals surface area contributed by atoms with Gasteiger partial charge in [0, 0.05) is 68.8 Å². The molecule has 2 aliphatic rings. The molecule has 174 valence electrons. The number of carbonyl (C=O) groups is 3. The molecule has 0 unspecified atom stereocenters. The average Bonchev–Trinajstić information content (AvgIpc) is 3.20. The molecule has 0 bridgehead atoms. The van der Waals surface area contributed by atoms with Gasteiger partial charge in [-0.2, -0.15) is 0 Å². The van der Waals surface area contributed by atoms with Gasteiger partial charge in [-0.25, -0.2) is 4.98 Å². The zero-order valence-corrected chi connectivity index (χ0v) is 18.8. The Balaban J connectivity index is 1.18. The molecule has 4 N–H and O–H groups in total. The fraction of sp³-hybridized carbons (Fsp3) is 0.417. The Hall–Kier alpha value is -3.62. The predicted octanol–water partition coefficient (Wildman–Crippen LogP) is 2.09. The summed E-state index contributed by atoms with van der Waals surface area (Å²) in [6.45, 7) is 5.14. The molecule has 0 radical (unpaired) electrons. The quantitative estimate of drug-likeness (QED) is 0.458. The highest BCUT2D eigenvalue weighted by atomic mass is 16.2. The molecule has 0 atom stereocenters. The number of likely N-dealkylation sites (tertiary alicyclic amines) is 1. The minimum Gasteiger partial charge on any atom is -0.383 e. The number of carbonyl (C=O) groups excluding carboxylic acids is 3. The van der Waals surface area contributed by atoms with Crippen molar-refractivity contribution >= 4 is 34.9 Å². The molecular weight excluding hydrogens is 420 g/mol. The van der Waals surface area contributed by atoms with Crippen molar-refractivity contribution in [2.45, 2.75) is 26.2 Å². The van der Waals surface area contributed by atoms with Gasteiger partial charge in [0.2, 0.25) is 11.8 Å². The van der Waals surface area contributed by atoms with Crippen LogP contribution in [0.25, 0.3) is 0 Å². The van der Waals surface area contributed by atoms with Crippen LogP contribution < -0.4 is 21.3 Å². The van der Waals surface area contributed by atoms with Crippen LogP contribution in [0.3, 0.4) is 0 Å². The molecule has 2 aromatic rings. The summed E-state index contributed by atoms with van der Waals surface area (Å²) < 4.78 is 0. The fourth-order valence-electron chi connectivity index (χ4n) is 4.19. The summed E-state index contributed by atoms with van der Waals surface area (Å²) in [7, 11) is 0. The van der Waals surface area contributed by atoms with E-state index in [-0.39, 0.29) is 17.7 Å². The average molecular weight is 451 g/mol. The maximum Gasteiger partial charge on any atom is 0.251 e. The zero-order valence-electron chi connectivity index (χ0n) is 18.8. The molecule has 0 aliphatic carbocycles. The van der Waals surface area contributed by atoms with Crippen LogP contribution in [0.4, 0.5) is 17.2 Å². The van der Waals surface area contributed by atoms with Gasteiger partial charge in [-0.05, 0) is 48.6 Å². The fourth-order valence-corrected chi connectivity index (χ4v) is 4.19. The molecule has 0 spiro atoms. The summed E-state index contributed by atoms with van der Waals surface area (Å²) in [6, 6.07) is 9.10. The standard InChI is InChI=1S/C24H30N6O3/c1-16(31)30-10-5-17(6-11-30)15-28-22-14-20(4-7-26-22)25-8-9-27-24(33)18-2-3-21-19(12-18)13-23(32)29-21/h2-4,7,12,14,17H,5-6,8-11,13,15H2,1H3,(H,27,33)(H,29,32)(H2,25,26,28). The Labute approximate surface area is 193 Å². The lowest BCUT2D eigenvalue weighted by Gasteiger charge is -2.31. The highest BCUT2D eigenvalue weighted by Gasteiger charge is 2.21. The van der Waals surface area contributed by atoms with Crippen molar-refractivity contribution in [2.24, 2.45) is 5.92 Å². The Kier molecular flexibility index (Phi) is 7.07. The third-order valence-corrected chi connectivity index (χ3v) is 6.12. The van der Waals surface area contributed by atoms with Crippen molar-refractivity contribution in [1.82, 2.24) is 15.2 Å². The minimum atomic E-state index is -0.160. The van der Waals surface area contributed by atoms with E-state index in [1.54, 1.807) is 31.3 Å². The Morgan fingerprint density at radius 1 is 1.12 bits per heavy atom. The van der Waals surface area contributed by atoms with Crippen LogP contribution in [0.15, 0.2) is 36.5 Å². The number of benzene rings is 1. The first-order chi connectivity index (χ1) is 16.0. The van der Waals surface area contributed by atoms with E-state index in [1.807, 2.05) is 17.0 Å². The van der Waals surface area contributed by atoms with Crippen LogP contribution >= 0.6 is 0 Å². The second kappa shape index (κ2) is 10.3. The topological polar surface area (TPSA) is 115 Å². The number of hydrogen-bond acceptors (Lipinski definition) is 6. The van der Waals surface area contributed by atoms with E-state index in [1.165, 1.54) is 0 Å². The largest absolute Gasteiger partial charge is 0.383 e. The number of piperidine rings is 1. The van der Waals surface area contributed by atoms with Gasteiger partial charge >= 0.3 is 0 Å². The van der Waals surface area contributed by atoms with E-state index in [0.29, 0.717) is 31.0 Å².